The van der Waals surface area contributed by atoms with Gasteiger partial charge in [0.05, 0.1) is 6.26 Å². The summed E-state index contributed by atoms with van der Waals surface area (Å²) in [6.45, 7) is 2.76. The largest absolute Gasteiger partial charge is 0.464 e. The van der Waals surface area contributed by atoms with E-state index in [0.29, 0.717) is 6.54 Å². The van der Waals surface area contributed by atoms with Crippen LogP contribution in [0.1, 0.15) is 10.4 Å². The molecule has 0 amide bonds. The molecule has 0 atom stereocenters. The van der Waals surface area contributed by atoms with Gasteiger partial charge in [0.15, 0.2) is 0 Å². The van der Waals surface area contributed by atoms with Gasteiger partial charge in [-0.15, -0.1) is 11.3 Å². The van der Waals surface area contributed by atoms with E-state index in [1.165, 1.54) is 10.4 Å². The molecule has 0 aliphatic heterocycles. The van der Waals surface area contributed by atoms with Crippen molar-refractivity contribution >= 4 is 11.3 Å². The van der Waals surface area contributed by atoms with Gasteiger partial charge in [0.2, 0.25) is 0 Å². The smallest absolute Gasteiger partial charge is 0.134 e. The Balaban J connectivity index is 2.24. The summed E-state index contributed by atoms with van der Waals surface area (Å²) in [5, 5.41) is 2.11. The zero-order valence-electron chi connectivity index (χ0n) is 8.12. The predicted molar refractivity (Wildman–Crippen MR) is 59.5 cm³/mol. The van der Waals surface area contributed by atoms with E-state index in [9.17, 15) is 0 Å². The molecule has 0 unspecified atom stereocenters. The van der Waals surface area contributed by atoms with E-state index in [4.69, 9.17) is 10.2 Å². The SMILES string of the molecule is Cc1cc(-c2cc(CCN)co2)cs1. The second kappa shape index (κ2) is 3.98. The minimum atomic E-state index is 0.668. The van der Waals surface area contributed by atoms with Gasteiger partial charge in [0.25, 0.3) is 0 Å². The maximum Gasteiger partial charge on any atom is 0.134 e. The molecule has 0 spiro atoms. The second-order valence-electron chi connectivity index (χ2n) is 3.30. The summed E-state index contributed by atoms with van der Waals surface area (Å²) in [5.41, 5.74) is 7.81. The van der Waals surface area contributed by atoms with Crippen molar-refractivity contribution < 1.29 is 4.42 Å². The average molecular weight is 207 g/mol. The minimum Gasteiger partial charge on any atom is -0.464 e. The fourth-order valence-corrected chi connectivity index (χ4v) is 2.09. The zero-order chi connectivity index (χ0) is 9.97. The molecule has 0 saturated heterocycles. The second-order valence-corrected chi connectivity index (χ2v) is 4.42. The van der Waals surface area contributed by atoms with E-state index in [0.717, 1.165) is 17.7 Å². The number of hydrogen-bond acceptors (Lipinski definition) is 3. The quantitative estimate of drug-likeness (QED) is 0.840. The summed E-state index contributed by atoms with van der Waals surface area (Å²) in [6, 6.07) is 4.20. The molecule has 3 heteroatoms. The van der Waals surface area contributed by atoms with Gasteiger partial charge < -0.3 is 10.2 Å². The molecule has 2 heterocycles. The van der Waals surface area contributed by atoms with E-state index in [1.807, 2.05) is 0 Å². The van der Waals surface area contributed by atoms with Gasteiger partial charge in [-0.1, -0.05) is 0 Å². The third kappa shape index (κ3) is 1.89. The number of furan rings is 1. The molecule has 0 bridgehead atoms. The topological polar surface area (TPSA) is 39.2 Å². The van der Waals surface area contributed by atoms with Crippen LogP contribution in [0.5, 0.6) is 0 Å². The molecule has 2 N–H and O–H groups in total. The molecule has 14 heavy (non-hydrogen) atoms. The van der Waals surface area contributed by atoms with Crippen LogP contribution < -0.4 is 5.73 Å². The first-order valence-corrected chi connectivity index (χ1v) is 5.50. The molecule has 2 aromatic heterocycles. The molecule has 0 saturated carbocycles. The highest BCUT2D eigenvalue weighted by molar-refractivity contribution is 7.10. The van der Waals surface area contributed by atoms with Crippen LogP contribution >= 0.6 is 11.3 Å². The normalized spacial score (nSPS) is 10.7. The first-order valence-electron chi connectivity index (χ1n) is 4.62. The monoisotopic (exact) mass is 207 g/mol. The van der Waals surface area contributed by atoms with Gasteiger partial charge >= 0.3 is 0 Å². The molecule has 74 valence electrons. The van der Waals surface area contributed by atoms with Crippen LogP contribution in [0.25, 0.3) is 11.3 Å². The van der Waals surface area contributed by atoms with Crippen LogP contribution in [0.4, 0.5) is 0 Å². The molecule has 0 aliphatic rings. The molecule has 2 aromatic rings. The van der Waals surface area contributed by atoms with Crippen LogP contribution in [-0.4, -0.2) is 6.54 Å². The van der Waals surface area contributed by atoms with Crippen molar-refractivity contribution in [3.05, 3.63) is 34.2 Å². The Kier molecular flexibility index (Phi) is 2.70. The van der Waals surface area contributed by atoms with Crippen LogP contribution in [0.3, 0.4) is 0 Å². The molecule has 2 nitrogen and oxygen atoms in total. The molecule has 0 fully saturated rings. The predicted octanol–water partition coefficient (Wildman–Crippen LogP) is 2.82. The molecular weight excluding hydrogens is 194 g/mol. The third-order valence-electron chi connectivity index (χ3n) is 2.10. The summed E-state index contributed by atoms with van der Waals surface area (Å²) < 4.78 is 5.47. The molecule has 2 rings (SSSR count). The standard InChI is InChI=1S/C11H13NOS/c1-8-4-10(7-14-8)11-5-9(2-3-12)6-13-11/h4-7H,2-3,12H2,1H3. The number of nitrogens with two attached hydrogens (primary N) is 1. The Labute approximate surface area is 87.4 Å². The average Bonchev–Trinajstić information content (AvgIpc) is 2.74. The van der Waals surface area contributed by atoms with E-state index in [2.05, 4.69) is 24.4 Å². The molecular formula is C11H13NOS. The summed E-state index contributed by atoms with van der Waals surface area (Å²) in [4.78, 5) is 1.30. The molecule has 0 aromatic carbocycles. The van der Waals surface area contributed by atoms with Crippen LogP contribution in [-0.2, 0) is 6.42 Å². The van der Waals surface area contributed by atoms with Crippen molar-refractivity contribution in [2.24, 2.45) is 5.73 Å². The lowest BCUT2D eigenvalue weighted by Crippen LogP contribution is -2.01. The van der Waals surface area contributed by atoms with Gasteiger partial charge in [-0.25, -0.2) is 0 Å². The number of rotatable bonds is 3. The van der Waals surface area contributed by atoms with Crippen molar-refractivity contribution in [1.29, 1.82) is 0 Å². The first kappa shape index (κ1) is 9.49. The highest BCUT2D eigenvalue weighted by Gasteiger charge is 2.05. The first-order chi connectivity index (χ1) is 6.79. The lowest BCUT2D eigenvalue weighted by Gasteiger charge is -1.88. The highest BCUT2D eigenvalue weighted by Crippen LogP contribution is 2.26. The lowest BCUT2D eigenvalue weighted by molar-refractivity contribution is 0.578. The van der Waals surface area contributed by atoms with Crippen molar-refractivity contribution in [2.75, 3.05) is 6.54 Å². The van der Waals surface area contributed by atoms with E-state index < -0.39 is 0 Å². The minimum absolute atomic E-state index is 0.668. The summed E-state index contributed by atoms with van der Waals surface area (Å²) >= 11 is 1.74. The lowest BCUT2D eigenvalue weighted by atomic mass is 10.2. The fraction of sp³-hybridized carbons (Fsp3) is 0.273. The highest BCUT2D eigenvalue weighted by atomic mass is 32.1. The van der Waals surface area contributed by atoms with Crippen LogP contribution in [0.2, 0.25) is 0 Å². The number of thiophene rings is 1. The fourth-order valence-electron chi connectivity index (χ4n) is 1.40. The van der Waals surface area contributed by atoms with Gasteiger partial charge in [0, 0.05) is 15.8 Å². The van der Waals surface area contributed by atoms with E-state index >= 15 is 0 Å². The van der Waals surface area contributed by atoms with Crippen molar-refractivity contribution in [2.45, 2.75) is 13.3 Å². The van der Waals surface area contributed by atoms with Crippen LogP contribution in [0, 0.1) is 6.92 Å². The van der Waals surface area contributed by atoms with Gasteiger partial charge in [-0.05, 0) is 37.6 Å². The van der Waals surface area contributed by atoms with Crippen molar-refractivity contribution in [3.8, 4) is 11.3 Å². The molecule has 0 aliphatic carbocycles. The summed E-state index contributed by atoms with van der Waals surface area (Å²) in [6.07, 6.45) is 2.67. The Bertz CT molecular complexity index is 416. The molecule has 0 radical (unpaired) electrons. The Morgan fingerprint density at radius 2 is 2.29 bits per heavy atom. The van der Waals surface area contributed by atoms with Crippen LogP contribution in [0.15, 0.2) is 28.2 Å². The third-order valence-corrected chi connectivity index (χ3v) is 2.96. The zero-order valence-corrected chi connectivity index (χ0v) is 8.93. The van der Waals surface area contributed by atoms with Gasteiger partial charge in [-0.3, -0.25) is 0 Å². The van der Waals surface area contributed by atoms with Gasteiger partial charge in [-0.2, -0.15) is 0 Å². The van der Waals surface area contributed by atoms with E-state index in [1.54, 1.807) is 17.6 Å². The Morgan fingerprint density at radius 1 is 1.43 bits per heavy atom. The summed E-state index contributed by atoms with van der Waals surface area (Å²) in [5.74, 6) is 0.942. The Morgan fingerprint density at radius 3 is 2.93 bits per heavy atom. The van der Waals surface area contributed by atoms with E-state index in [-0.39, 0.29) is 0 Å². The maximum atomic E-state index is 5.47. The van der Waals surface area contributed by atoms with Gasteiger partial charge in [0.1, 0.15) is 5.76 Å². The summed E-state index contributed by atoms with van der Waals surface area (Å²) in [7, 11) is 0. The number of hydrogen-bond donors (Lipinski definition) is 1. The van der Waals surface area contributed by atoms with Crippen molar-refractivity contribution in [1.82, 2.24) is 0 Å². The number of aryl methyl sites for hydroxylation is 1. The van der Waals surface area contributed by atoms with Crippen molar-refractivity contribution in [3.63, 3.8) is 0 Å². The maximum absolute atomic E-state index is 5.47. The Hall–Kier alpha value is -1.06.